The summed E-state index contributed by atoms with van der Waals surface area (Å²) in [5.41, 5.74) is 2.25. The number of aryl methyl sites for hydroxylation is 1. The molecular weight excluding hydrogens is 395 g/mol. The Kier molecular flexibility index (Phi) is 7.61. The maximum atomic E-state index is 13.7. The fourth-order valence-electron chi connectivity index (χ4n) is 3.02. The van der Waals surface area contributed by atoms with Gasteiger partial charge in [0, 0.05) is 5.69 Å². The monoisotopic (exact) mass is 422 g/mol. The molecule has 0 aromatic heterocycles. The van der Waals surface area contributed by atoms with Crippen molar-refractivity contribution in [2.75, 3.05) is 24.2 Å². The maximum absolute atomic E-state index is 13.7. The summed E-state index contributed by atoms with van der Waals surface area (Å²) in [5.74, 6) is -5.13. The lowest BCUT2D eigenvalue weighted by Crippen LogP contribution is -3.14. The Morgan fingerprint density at radius 3 is 2.30 bits per heavy atom. The van der Waals surface area contributed by atoms with Gasteiger partial charge in [-0.3, -0.25) is 9.59 Å². The molecule has 1 unspecified atom stereocenters. The van der Waals surface area contributed by atoms with Crippen LogP contribution in [-0.2, 0) is 9.59 Å². The van der Waals surface area contributed by atoms with E-state index in [0.29, 0.717) is 4.90 Å². The zero-order chi connectivity index (χ0) is 22.6. The lowest BCUT2D eigenvalue weighted by atomic mass is 9.98. The van der Waals surface area contributed by atoms with Crippen LogP contribution in [0.5, 0.6) is 0 Å². The van der Waals surface area contributed by atoms with Gasteiger partial charge in [0.2, 0.25) is 0 Å². The zero-order valence-corrected chi connectivity index (χ0v) is 17.7. The number of para-hydroxylation sites is 1. The van der Waals surface area contributed by atoms with Crippen LogP contribution < -0.4 is 15.5 Å². The average molecular weight is 422 g/mol. The minimum absolute atomic E-state index is 0.169. The van der Waals surface area contributed by atoms with Crippen LogP contribution in [0.3, 0.4) is 0 Å². The summed E-state index contributed by atoms with van der Waals surface area (Å²) in [6.45, 7) is 7.48. The van der Waals surface area contributed by atoms with E-state index in [9.17, 15) is 22.8 Å². The molecule has 0 aliphatic carbocycles. The fraction of sp³-hybridized carbons (Fsp3) is 0.364. The van der Waals surface area contributed by atoms with Crippen molar-refractivity contribution in [3.05, 3.63) is 58.9 Å². The number of halogens is 3. The molecule has 0 radical (unpaired) electrons. The van der Waals surface area contributed by atoms with Gasteiger partial charge >= 0.3 is 0 Å². The van der Waals surface area contributed by atoms with Gasteiger partial charge in [-0.05, 0) is 43.0 Å². The van der Waals surface area contributed by atoms with Crippen LogP contribution in [0.15, 0.2) is 30.3 Å². The molecule has 2 aromatic rings. The molecule has 0 aliphatic rings. The van der Waals surface area contributed by atoms with Gasteiger partial charge in [-0.25, -0.2) is 13.2 Å². The Hall–Kier alpha value is -2.87. The van der Waals surface area contributed by atoms with E-state index in [1.54, 1.807) is 14.0 Å². The van der Waals surface area contributed by atoms with Crippen molar-refractivity contribution < 1.29 is 27.7 Å². The number of anilines is 2. The number of amides is 2. The van der Waals surface area contributed by atoms with Crippen LogP contribution in [0.1, 0.15) is 37.8 Å². The average Bonchev–Trinajstić information content (AvgIpc) is 2.68. The molecule has 2 atom stereocenters. The van der Waals surface area contributed by atoms with Crippen LogP contribution in [0.25, 0.3) is 0 Å². The largest absolute Gasteiger partial charge is 0.320 e. The molecular formula is C22H27F3N3O2+. The van der Waals surface area contributed by atoms with E-state index in [4.69, 9.17) is 0 Å². The van der Waals surface area contributed by atoms with Crippen molar-refractivity contribution in [2.24, 2.45) is 0 Å². The number of quaternary nitrogens is 1. The fourth-order valence-corrected chi connectivity index (χ4v) is 3.02. The first-order valence-electron chi connectivity index (χ1n) is 9.69. The third-order valence-corrected chi connectivity index (χ3v) is 5.06. The summed E-state index contributed by atoms with van der Waals surface area (Å²) in [5, 5.41) is 5.16. The highest BCUT2D eigenvalue weighted by molar-refractivity contribution is 5.96. The van der Waals surface area contributed by atoms with Gasteiger partial charge in [-0.1, -0.05) is 32.0 Å². The Labute approximate surface area is 174 Å². The summed E-state index contributed by atoms with van der Waals surface area (Å²) in [4.78, 5) is 25.5. The second kappa shape index (κ2) is 9.75. The molecule has 162 valence electrons. The first kappa shape index (κ1) is 23.4. The van der Waals surface area contributed by atoms with E-state index in [2.05, 4.69) is 10.6 Å². The molecule has 0 fully saturated rings. The van der Waals surface area contributed by atoms with Gasteiger partial charge in [-0.15, -0.1) is 0 Å². The zero-order valence-electron chi connectivity index (χ0n) is 17.7. The highest BCUT2D eigenvalue weighted by Crippen LogP contribution is 2.27. The third kappa shape index (κ3) is 5.38. The molecule has 8 heteroatoms. The summed E-state index contributed by atoms with van der Waals surface area (Å²) in [6, 6.07) is 6.89. The van der Waals surface area contributed by atoms with Crippen molar-refractivity contribution >= 4 is 23.2 Å². The van der Waals surface area contributed by atoms with Crippen molar-refractivity contribution in [2.45, 2.75) is 39.7 Å². The molecule has 0 aliphatic heterocycles. The van der Waals surface area contributed by atoms with Gasteiger partial charge in [0.1, 0.15) is 0 Å². The minimum Gasteiger partial charge on any atom is -0.320 e. The highest BCUT2D eigenvalue weighted by Gasteiger charge is 2.26. The number of carbonyl (C=O) groups excluding carboxylic acids is 2. The number of hydrogen-bond donors (Lipinski definition) is 3. The van der Waals surface area contributed by atoms with Crippen molar-refractivity contribution in [1.82, 2.24) is 0 Å². The number of carbonyl (C=O) groups is 2. The Balaban J connectivity index is 2.04. The van der Waals surface area contributed by atoms with Crippen LogP contribution in [0, 0.1) is 24.4 Å². The maximum Gasteiger partial charge on any atom is 0.282 e. The highest BCUT2D eigenvalue weighted by atomic mass is 19.2. The van der Waals surface area contributed by atoms with E-state index < -0.39 is 35.1 Å². The summed E-state index contributed by atoms with van der Waals surface area (Å²) >= 11 is 0. The van der Waals surface area contributed by atoms with Gasteiger partial charge in [0.25, 0.3) is 11.8 Å². The van der Waals surface area contributed by atoms with Crippen molar-refractivity contribution in [1.29, 1.82) is 0 Å². The van der Waals surface area contributed by atoms with Crippen LogP contribution in [0.2, 0.25) is 0 Å². The molecule has 3 N–H and O–H groups in total. The van der Waals surface area contributed by atoms with E-state index in [0.717, 1.165) is 28.9 Å². The molecule has 0 saturated heterocycles. The Bertz CT molecular complexity index is 947. The number of benzene rings is 2. The first-order valence-corrected chi connectivity index (χ1v) is 9.69. The number of hydrogen-bond acceptors (Lipinski definition) is 2. The molecule has 2 aromatic carbocycles. The number of likely N-dealkylation sites (N-methyl/N-ethyl adjacent to an activating group) is 1. The number of rotatable bonds is 7. The normalized spacial score (nSPS) is 13.1. The van der Waals surface area contributed by atoms with Crippen molar-refractivity contribution in [3.8, 4) is 0 Å². The lowest BCUT2D eigenvalue weighted by Gasteiger charge is -2.23. The topological polar surface area (TPSA) is 62.6 Å². The Morgan fingerprint density at radius 1 is 1.00 bits per heavy atom. The van der Waals surface area contributed by atoms with Gasteiger partial charge in [0.05, 0.1) is 12.7 Å². The number of nitrogens with one attached hydrogen (secondary N) is 3. The second-order valence-corrected chi connectivity index (χ2v) is 7.70. The molecule has 0 spiro atoms. The molecule has 30 heavy (non-hydrogen) atoms. The van der Waals surface area contributed by atoms with Crippen LogP contribution in [-0.4, -0.2) is 31.4 Å². The predicted molar refractivity (Wildman–Crippen MR) is 110 cm³/mol. The molecule has 2 amide bonds. The molecule has 0 bridgehead atoms. The van der Waals surface area contributed by atoms with E-state index in [1.165, 1.54) is 0 Å². The standard InChI is InChI=1S/C22H26F3N3O2/c1-12(2)15-8-6-7-13(3)21(15)27-22(30)14(4)28(5)11-18(29)26-17-10-9-16(23)19(24)20(17)25/h6-10,12,14H,11H2,1-5H3,(H,26,29)(H,27,30)/p+1/t14-/m0/s1. The summed E-state index contributed by atoms with van der Waals surface area (Å²) < 4.78 is 40.0. The van der Waals surface area contributed by atoms with E-state index in [-0.39, 0.29) is 18.4 Å². The molecule has 0 saturated carbocycles. The SMILES string of the molecule is Cc1cccc(C(C)C)c1NC(=O)[C@H](C)[NH+](C)CC(=O)Nc1ccc(F)c(F)c1F. The molecule has 2 rings (SSSR count). The second-order valence-electron chi connectivity index (χ2n) is 7.70. The summed E-state index contributed by atoms with van der Waals surface area (Å²) in [6.07, 6.45) is 0. The van der Waals surface area contributed by atoms with Gasteiger partial charge < -0.3 is 15.5 Å². The Morgan fingerprint density at radius 2 is 1.67 bits per heavy atom. The quantitative estimate of drug-likeness (QED) is 0.601. The lowest BCUT2D eigenvalue weighted by molar-refractivity contribution is -0.885. The van der Waals surface area contributed by atoms with E-state index in [1.807, 2.05) is 39.0 Å². The predicted octanol–water partition coefficient (Wildman–Crippen LogP) is 3.02. The van der Waals surface area contributed by atoms with Crippen LogP contribution in [0.4, 0.5) is 24.5 Å². The first-order chi connectivity index (χ1) is 14.0. The smallest absolute Gasteiger partial charge is 0.282 e. The third-order valence-electron chi connectivity index (χ3n) is 5.06. The van der Waals surface area contributed by atoms with Crippen molar-refractivity contribution in [3.63, 3.8) is 0 Å². The van der Waals surface area contributed by atoms with Gasteiger partial charge in [-0.2, -0.15) is 0 Å². The van der Waals surface area contributed by atoms with E-state index >= 15 is 0 Å². The van der Waals surface area contributed by atoms with Gasteiger partial charge in [0.15, 0.2) is 30.0 Å². The minimum atomic E-state index is -1.65. The summed E-state index contributed by atoms with van der Waals surface area (Å²) in [7, 11) is 1.65. The molecule has 5 nitrogen and oxygen atoms in total. The van der Waals surface area contributed by atoms with Crippen LogP contribution >= 0.6 is 0 Å². The molecule has 0 heterocycles.